The molecule has 6 nitrogen and oxygen atoms in total. The third-order valence-electron chi connectivity index (χ3n) is 4.41. The molecule has 4 rings (SSSR count). The molecule has 0 saturated carbocycles. The standard InChI is InChI=1S/C21H21N3O3S/c1-23(14-20-22-18-8-2-3-9-19(18)28-20)21(25)15-24(12-16-6-4-10-26-16)13-17-7-5-11-27-17/h2-11H,12-15H2,1H3. The minimum atomic E-state index is 0.0253. The number of hydrogen-bond donors (Lipinski definition) is 0. The molecule has 7 heteroatoms. The summed E-state index contributed by atoms with van der Waals surface area (Å²) in [5, 5.41) is 0.931. The zero-order valence-corrected chi connectivity index (χ0v) is 16.4. The van der Waals surface area contributed by atoms with Crippen molar-refractivity contribution in [1.29, 1.82) is 0 Å². The van der Waals surface area contributed by atoms with E-state index in [0.29, 0.717) is 19.6 Å². The molecule has 0 spiro atoms. The molecular formula is C21H21N3O3S. The minimum Gasteiger partial charge on any atom is -0.468 e. The van der Waals surface area contributed by atoms with Crippen molar-refractivity contribution in [3.8, 4) is 0 Å². The van der Waals surface area contributed by atoms with Crippen LogP contribution in [0.3, 0.4) is 0 Å². The van der Waals surface area contributed by atoms with E-state index < -0.39 is 0 Å². The third kappa shape index (κ3) is 4.49. The van der Waals surface area contributed by atoms with Gasteiger partial charge >= 0.3 is 0 Å². The van der Waals surface area contributed by atoms with Crippen LogP contribution < -0.4 is 0 Å². The third-order valence-corrected chi connectivity index (χ3v) is 5.44. The summed E-state index contributed by atoms with van der Waals surface area (Å²) in [4.78, 5) is 21.2. The maximum Gasteiger partial charge on any atom is 0.236 e. The largest absolute Gasteiger partial charge is 0.468 e. The molecule has 0 unspecified atom stereocenters. The molecular weight excluding hydrogens is 374 g/mol. The van der Waals surface area contributed by atoms with Crippen molar-refractivity contribution < 1.29 is 13.6 Å². The number of hydrogen-bond acceptors (Lipinski definition) is 6. The predicted octanol–water partition coefficient (Wildman–Crippen LogP) is 4.14. The van der Waals surface area contributed by atoms with E-state index >= 15 is 0 Å². The van der Waals surface area contributed by atoms with Crippen LogP contribution in [-0.4, -0.2) is 34.3 Å². The van der Waals surface area contributed by atoms with Gasteiger partial charge in [-0.25, -0.2) is 4.98 Å². The van der Waals surface area contributed by atoms with Crippen molar-refractivity contribution in [3.63, 3.8) is 0 Å². The molecule has 0 aliphatic carbocycles. The normalized spacial score (nSPS) is 11.4. The van der Waals surface area contributed by atoms with Crippen LogP contribution in [0, 0.1) is 0 Å². The Morgan fingerprint density at radius 1 is 0.964 bits per heavy atom. The minimum absolute atomic E-state index is 0.0253. The van der Waals surface area contributed by atoms with Gasteiger partial charge in [-0.05, 0) is 36.4 Å². The van der Waals surface area contributed by atoms with Crippen LogP contribution in [-0.2, 0) is 24.4 Å². The molecule has 0 fully saturated rings. The Bertz CT molecular complexity index is 955. The topological polar surface area (TPSA) is 62.7 Å². The highest BCUT2D eigenvalue weighted by Gasteiger charge is 2.18. The molecule has 0 atom stereocenters. The van der Waals surface area contributed by atoms with Crippen molar-refractivity contribution in [3.05, 3.63) is 77.6 Å². The summed E-state index contributed by atoms with van der Waals surface area (Å²) in [6, 6.07) is 15.5. The van der Waals surface area contributed by atoms with Gasteiger partial charge in [-0.15, -0.1) is 11.3 Å². The summed E-state index contributed by atoms with van der Waals surface area (Å²) in [5.41, 5.74) is 0.973. The summed E-state index contributed by atoms with van der Waals surface area (Å²) in [7, 11) is 1.81. The maximum atomic E-state index is 12.8. The predicted molar refractivity (Wildman–Crippen MR) is 108 cm³/mol. The van der Waals surface area contributed by atoms with E-state index in [1.807, 2.05) is 60.5 Å². The number of aromatic nitrogens is 1. The quantitative estimate of drug-likeness (QED) is 0.449. The highest BCUT2D eigenvalue weighted by Crippen LogP contribution is 2.22. The van der Waals surface area contributed by atoms with Crippen LogP contribution >= 0.6 is 11.3 Å². The van der Waals surface area contributed by atoms with Crippen LogP contribution in [0.2, 0.25) is 0 Å². The number of furan rings is 2. The summed E-state index contributed by atoms with van der Waals surface area (Å²) in [5.74, 6) is 1.65. The highest BCUT2D eigenvalue weighted by molar-refractivity contribution is 7.18. The Kier molecular flexibility index (Phi) is 5.55. The monoisotopic (exact) mass is 395 g/mol. The number of benzene rings is 1. The molecule has 1 aromatic carbocycles. The number of nitrogens with zero attached hydrogens (tertiary/aromatic N) is 3. The van der Waals surface area contributed by atoms with Crippen molar-refractivity contribution in [2.24, 2.45) is 0 Å². The first-order chi connectivity index (χ1) is 13.7. The van der Waals surface area contributed by atoms with Gasteiger partial charge in [-0.3, -0.25) is 9.69 Å². The Labute approximate surface area is 167 Å². The smallest absolute Gasteiger partial charge is 0.236 e. The number of rotatable bonds is 8. The Hall–Kier alpha value is -2.90. The number of fused-ring (bicyclic) bond motifs is 1. The fourth-order valence-electron chi connectivity index (χ4n) is 3.00. The van der Waals surface area contributed by atoms with Crippen molar-refractivity contribution in [2.45, 2.75) is 19.6 Å². The van der Waals surface area contributed by atoms with Crippen molar-refractivity contribution in [2.75, 3.05) is 13.6 Å². The number of carbonyl (C=O) groups excluding carboxylic acids is 1. The average molecular weight is 395 g/mol. The SMILES string of the molecule is CN(Cc1nc2ccccc2s1)C(=O)CN(Cc1ccco1)Cc1ccco1. The molecule has 1 amide bonds. The second kappa shape index (κ2) is 8.41. The fourth-order valence-corrected chi connectivity index (χ4v) is 4.03. The van der Waals surface area contributed by atoms with Gasteiger partial charge in [0.25, 0.3) is 0 Å². The first-order valence-corrected chi connectivity index (χ1v) is 9.84. The van der Waals surface area contributed by atoms with Crippen LogP contribution in [0.1, 0.15) is 16.5 Å². The average Bonchev–Trinajstić information content (AvgIpc) is 3.43. The first-order valence-electron chi connectivity index (χ1n) is 9.03. The molecule has 0 bridgehead atoms. The van der Waals surface area contributed by atoms with Gasteiger partial charge in [0.05, 0.1) is 48.9 Å². The Morgan fingerprint density at radius 3 is 2.25 bits per heavy atom. The Balaban J connectivity index is 1.41. The number of carbonyl (C=O) groups is 1. The lowest BCUT2D eigenvalue weighted by atomic mass is 10.3. The van der Waals surface area contributed by atoms with Crippen LogP contribution in [0.5, 0.6) is 0 Å². The highest BCUT2D eigenvalue weighted by atomic mass is 32.1. The zero-order chi connectivity index (χ0) is 19.3. The summed E-state index contributed by atoms with van der Waals surface area (Å²) in [6.07, 6.45) is 3.28. The maximum absolute atomic E-state index is 12.8. The van der Waals surface area contributed by atoms with E-state index in [1.54, 1.807) is 28.8 Å². The molecule has 0 radical (unpaired) electrons. The van der Waals surface area contributed by atoms with Crippen LogP contribution in [0.15, 0.2) is 69.9 Å². The molecule has 4 aromatic rings. The van der Waals surface area contributed by atoms with Gasteiger partial charge in [-0.2, -0.15) is 0 Å². The van der Waals surface area contributed by atoms with Gasteiger partial charge in [0.2, 0.25) is 5.91 Å². The summed E-state index contributed by atoms with van der Waals surface area (Å²) < 4.78 is 12.0. The van der Waals surface area contributed by atoms with E-state index in [9.17, 15) is 4.79 Å². The van der Waals surface area contributed by atoms with Gasteiger partial charge < -0.3 is 13.7 Å². The molecule has 0 aliphatic rings. The first kappa shape index (κ1) is 18.5. The second-order valence-electron chi connectivity index (χ2n) is 6.63. The van der Waals surface area contributed by atoms with E-state index in [-0.39, 0.29) is 12.5 Å². The van der Waals surface area contributed by atoms with Gasteiger partial charge in [0, 0.05) is 7.05 Å². The zero-order valence-electron chi connectivity index (χ0n) is 15.6. The molecule has 144 valence electrons. The number of thiazole rings is 1. The molecule has 0 N–H and O–H groups in total. The number of likely N-dealkylation sites (N-methyl/N-ethyl adjacent to an activating group) is 1. The van der Waals surface area contributed by atoms with E-state index in [4.69, 9.17) is 8.83 Å². The number of amides is 1. The fraction of sp³-hybridized carbons (Fsp3) is 0.238. The van der Waals surface area contributed by atoms with Crippen LogP contribution in [0.4, 0.5) is 0 Å². The molecule has 3 aromatic heterocycles. The lowest BCUT2D eigenvalue weighted by Gasteiger charge is -2.23. The Morgan fingerprint density at radius 2 is 1.64 bits per heavy atom. The summed E-state index contributed by atoms with van der Waals surface area (Å²) in [6.45, 7) is 1.83. The van der Waals surface area contributed by atoms with Crippen molar-refractivity contribution in [1.82, 2.24) is 14.8 Å². The molecule has 28 heavy (non-hydrogen) atoms. The summed E-state index contributed by atoms with van der Waals surface area (Å²) >= 11 is 1.62. The molecule has 0 saturated heterocycles. The van der Waals surface area contributed by atoms with E-state index in [2.05, 4.69) is 4.98 Å². The lowest BCUT2D eigenvalue weighted by Crippen LogP contribution is -2.37. The lowest BCUT2D eigenvalue weighted by molar-refractivity contribution is -0.132. The second-order valence-corrected chi connectivity index (χ2v) is 7.74. The number of para-hydroxylation sites is 1. The van der Waals surface area contributed by atoms with Gasteiger partial charge in [-0.1, -0.05) is 12.1 Å². The van der Waals surface area contributed by atoms with E-state index in [0.717, 1.165) is 26.7 Å². The van der Waals surface area contributed by atoms with Crippen molar-refractivity contribution >= 4 is 27.5 Å². The van der Waals surface area contributed by atoms with Gasteiger partial charge in [0.15, 0.2) is 0 Å². The molecule has 3 heterocycles. The molecule has 0 aliphatic heterocycles. The van der Waals surface area contributed by atoms with E-state index in [1.165, 1.54) is 0 Å². The van der Waals surface area contributed by atoms with Crippen LogP contribution in [0.25, 0.3) is 10.2 Å². The van der Waals surface area contributed by atoms with Gasteiger partial charge in [0.1, 0.15) is 16.5 Å².